The Morgan fingerprint density at radius 1 is 1.00 bits per heavy atom. The number of aliphatic imine (C=N–C) groups is 1. The van der Waals surface area contributed by atoms with E-state index in [0.717, 1.165) is 22.4 Å². The first-order chi connectivity index (χ1) is 16.9. The third-order valence-electron chi connectivity index (χ3n) is 5.43. The van der Waals surface area contributed by atoms with Crippen molar-refractivity contribution < 1.29 is 4.79 Å². The van der Waals surface area contributed by atoms with Gasteiger partial charge < -0.3 is 15.2 Å². The van der Waals surface area contributed by atoms with Gasteiger partial charge in [0, 0.05) is 40.2 Å². The Labute approximate surface area is 214 Å². The van der Waals surface area contributed by atoms with Crippen LogP contribution in [0.15, 0.2) is 90.4 Å². The van der Waals surface area contributed by atoms with Crippen molar-refractivity contribution in [3.05, 3.63) is 118 Å². The zero-order chi connectivity index (χ0) is 24.8. The highest BCUT2D eigenvalue weighted by molar-refractivity contribution is 6.35. The summed E-state index contributed by atoms with van der Waals surface area (Å²) in [5, 5.41) is 7.69. The van der Waals surface area contributed by atoms with Gasteiger partial charge in [0.2, 0.25) is 5.96 Å². The minimum Gasteiger partial charge on any atom is -0.347 e. The lowest BCUT2D eigenvalue weighted by atomic mass is 10.1. The Balaban J connectivity index is 1.70. The smallest absolute Gasteiger partial charge is 0.280 e. The molecule has 4 aromatic rings. The van der Waals surface area contributed by atoms with Gasteiger partial charge in [-0.1, -0.05) is 64.7 Å². The van der Waals surface area contributed by atoms with Crippen LogP contribution in [-0.2, 0) is 6.54 Å². The van der Waals surface area contributed by atoms with Crippen molar-refractivity contribution in [2.75, 3.05) is 5.32 Å². The molecule has 8 heteroatoms. The lowest BCUT2D eigenvalue weighted by Gasteiger charge is -2.23. The quantitative estimate of drug-likeness (QED) is 0.233. The first-order valence-corrected chi connectivity index (χ1v) is 11.8. The molecule has 3 aromatic carbocycles. The molecule has 0 radical (unpaired) electrons. The second kappa shape index (κ2) is 11.2. The fourth-order valence-corrected chi connectivity index (χ4v) is 4.05. The van der Waals surface area contributed by atoms with Crippen LogP contribution < -0.4 is 10.6 Å². The number of halogens is 2. The number of rotatable bonds is 6. The van der Waals surface area contributed by atoms with Crippen molar-refractivity contribution in [2.24, 2.45) is 4.99 Å². The summed E-state index contributed by atoms with van der Waals surface area (Å²) in [6.07, 6.45) is 5.29. The Bertz CT molecular complexity index is 1320. The summed E-state index contributed by atoms with van der Waals surface area (Å²) >= 11 is 12.7. The van der Waals surface area contributed by atoms with Gasteiger partial charge in [-0.3, -0.25) is 4.79 Å². The number of hydrogen-bond donors (Lipinski definition) is 2. The number of nitrogens with zero attached hydrogens (tertiary/aromatic N) is 3. The van der Waals surface area contributed by atoms with E-state index in [-0.39, 0.29) is 11.9 Å². The molecule has 1 amide bonds. The molecule has 0 saturated heterocycles. The molecule has 2 N–H and O–H groups in total. The average Bonchev–Trinajstić information content (AvgIpc) is 3.34. The van der Waals surface area contributed by atoms with Gasteiger partial charge >= 0.3 is 0 Å². The van der Waals surface area contributed by atoms with Crippen LogP contribution in [0.5, 0.6) is 0 Å². The minimum absolute atomic E-state index is 0.301. The molecule has 178 valence electrons. The van der Waals surface area contributed by atoms with Crippen LogP contribution in [0.4, 0.5) is 5.69 Å². The van der Waals surface area contributed by atoms with Crippen molar-refractivity contribution in [3.63, 3.8) is 0 Å². The molecule has 6 nitrogen and oxygen atoms in total. The molecule has 4 rings (SSSR count). The minimum atomic E-state index is -0.365. The maximum atomic E-state index is 13.0. The first-order valence-electron chi connectivity index (χ1n) is 11.1. The molecular weight excluding hydrogens is 481 g/mol. The number of benzene rings is 3. The van der Waals surface area contributed by atoms with Crippen molar-refractivity contribution in [1.29, 1.82) is 0 Å². The zero-order valence-corrected chi connectivity index (χ0v) is 20.9. The molecule has 0 fully saturated rings. The Kier molecular flexibility index (Phi) is 7.85. The van der Waals surface area contributed by atoms with Gasteiger partial charge in [0.25, 0.3) is 5.91 Å². The van der Waals surface area contributed by atoms with Crippen molar-refractivity contribution in [2.45, 2.75) is 26.4 Å². The van der Waals surface area contributed by atoms with Gasteiger partial charge in [0.1, 0.15) is 0 Å². The van der Waals surface area contributed by atoms with E-state index < -0.39 is 0 Å². The number of amides is 1. The summed E-state index contributed by atoms with van der Waals surface area (Å²) in [4.78, 5) is 21.6. The number of imidazole rings is 1. The number of hydrogen-bond acceptors (Lipinski definition) is 2. The summed E-state index contributed by atoms with van der Waals surface area (Å²) in [5.41, 5.74) is 4.30. The molecule has 1 heterocycles. The normalized spacial score (nSPS) is 12.3. The van der Waals surface area contributed by atoms with Crippen LogP contribution >= 0.6 is 23.2 Å². The van der Waals surface area contributed by atoms with Crippen molar-refractivity contribution in [1.82, 2.24) is 14.9 Å². The summed E-state index contributed by atoms with van der Waals surface area (Å²) in [6, 6.07) is 20.2. The number of aryl methyl sites for hydroxylation is 2. The molecule has 1 atom stereocenters. The number of carbonyl (C=O) groups is 1. The summed E-state index contributed by atoms with van der Waals surface area (Å²) in [5.74, 6) is -0.0637. The van der Waals surface area contributed by atoms with E-state index in [1.807, 2.05) is 67.1 Å². The highest BCUT2D eigenvalue weighted by Crippen LogP contribution is 2.27. The van der Waals surface area contributed by atoms with E-state index in [4.69, 9.17) is 23.2 Å². The van der Waals surface area contributed by atoms with Crippen LogP contribution in [0, 0.1) is 13.8 Å². The summed E-state index contributed by atoms with van der Waals surface area (Å²) in [6.45, 7) is 4.48. The number of nitrogens with one attached hydrogen (secondary N) is 2. The molecule has 0 spiro atoms. The van der Waals surface area contributed by atoms with Gasteiger partial charge in [0.05, 0.1) is 12.4 Å². The summed E-state index contributed by atoms with van der Waals surface area (Å²) in [7, 11) is 0. The Morgan fingerprint density at radius 2 is 1.69 bits per heavy atom. The standard InChI is InChI=1S/C27H25Cl2N5O/c1-18-3-7-20(8-4-18)26(35)33-27(31-22-10-5-19(2)6-11-22)32-25(16-34-14-13-30-17-34)23-12-9-21(28)15-24(23)29/h3-15,17,25H,16H2,1-2H3,(H2,31,32,33,35). The van der Waals surface area contributed by atoms with Crippen molar-refractivity contribution >= 4 is 40.8 Å². The number of carbonyl (C=O) groups excluding carboxylic acids is 1. The highest BCUT2D eigenvalue weighted by atomic mass is 35.5. The van der Waals surface area contributed by atoms with Crippen LogP contribution in [0.2, 0.25) is 10.0 Å². The highest BCUT2D eigenvalue weighted by Gasteiger charge is 2.19. The van der Waals surface area contributed by atoms with Gasteiger partial charge in [-0.25, -0.2) is 4.98 Å². The predicted octanol–water partition coefficient (Wildman–Crippen LogP) is 6.45. The molecule has 0 aliphatic carbocycles. The molecule has 0 saturated carbocycles. The molecule has 1 aromatic heterocycles. The van der Waals surface area contributed by atoms with Gasteiger partial charge in [-0.2, -0.15) is 4.99 Å². The molecule has 0 bridgehead atoms. The van der Waals surface area contributed by atoms with E-state index >= 15 is 0 Å². The van der Waals surface area contributed by atoms with Gasteiger partial charge in [0.15, 0.2) is 0 Å². The molecule has 1 unspecified atom stereocenters. The predicted molar refractivity (Wildman–Crippen MR) is 142 cm³/mol. The van der Waals surface area contributed by atoms with Crippen LogP contribution in [-0.4, -0.2) is 21.4 Å². The van der Waals surface area contributed by atoms with Gasteiger partial charge in [-0.05, 0) is 55.8 Å². The second-order valence-corrected chi connectivity index (χ2v) is 9.09. The maximum absolute atomic E-state index is 13.0. The summed E-state index contributed by atoms with van der Waals surface area (Å²) < 4.78 is 1.92. The van der Waals surface area contributed by atoms with Crippen LogP contribution in [0.25, 0.3) is 0 Å². The first kappa shape index (κ1) is 24.5. The number of aromatic nitrogens is 2. The van der Waals surface area contributed by atoms with E-state index in [1.54, 1.807) is 36.8 Å². The molecular formula is C27H25Cl2N5O. The Morgan fingerprint density at radius 3 is 2.31 bits per heavy atom. The third kappa shape index (κ3) is 6.72. The van der Waals surface area contributed by atoms with Crippen molar-refractivity contribution in [3.8, 4) is 0 Å². The third-order valence-corrected chi connectivity index (χ3v) is 5.99. The fraction of sp³-hybridized carbons (Fsp3) is 0.148. The zero-order valence-electron chi connectivity index (χ0n) is 19.4. The molecule has 0 aliphatic heterocycles. The fourth-order valence-electron chi connectivity index (χ4n) is 3.51. The number of anilines is 1. The van der Waals surface area contributed by atoms with E-state index in [9.17, 15) is 4.79 Å². The second-order valence-electron chi connectivity index (χ2n) is 8.24. The van der Waals surface area contributed by atoms with Crippen LogP contribution in [0.3, 0.4) is 0 Å². The average molecular weight is 506 g/mol. The maximum Gasteiger partial charge on any atom is 0.280 e. The van der Waals surface area contributed by atoms with E-state index in [2.05, 4.69) is 20.6 Å². The largest absolute Gasteiger partial charge is 0.347 e. The Hall–Kier alpha value is -3.61. The van der Waals surface area contributed by atoms with E-state index in [0.29, 0.717) is 28.1 Å². The topological polar surface area (TPSA) is 71.3 Å². The molecule has 35 heavy (non-hydrogen) atoms. The SMILES string of the molecule is Cc1ccc(N/C(=N\C(=O)c2ccc(C)cc2)NC(Cn2ccnc2)c2ccc(Cl)cc2Cl)cc1. The lowest BCUT2D eigenvalue weighted by molar-refractivity contribution is 0.100. The monoisotopic (exact) mass is 505 g/mol. The van der Waals surface area contributed by atoms with Gasteiger partial charge in [-0.15, -0.1) is 0 Å². The number of guanidine groups is 1. The van der Waals surface area contributed by atoms with E-state index in [1.165, 1.54) is 0 Å². The molecule has 0 aliphatic rings. The van der Waals surface area contributed by atoms with Crippen LogP contribution in [0.1, 0.15) is 33.1 Å². The lowest BCUT2D eigenvalue weighted by Crippen LogP contribution is -2.37.